The largest absolute Gasteiger partial charge is 0.417 e. The molecule has 0 aliphatic heterocycles. The minimum atomic E-state index is -4.83. The molecule has 0 saturated heterocycles. The fraction of sp³-hybridized carbons (Fsp3) is 0.0152. The summed E-state index contributed by atoms with van der Waals surface area (Å²) in [7, 11) is 0. The van der Waals surface area contributed by atoms with Crippen molar-refractivity contribution >= 4 is 55.0 Å². The van der Waals surface area contributed by atoms with E-state index in [2.05, 4.69) is 27.9 Å². The Labute approximate surface area is 433 Å². The number of halogens is 3. The smallest absolute Gasteiger partial charge is 0.308 e. The van der Waals surface area contributed by atoms with Crippen LogP contribution in [-0.2, 0) is 6.18 Å². The van der Waals surface area contributed by atoms with Gasteiger partial charge in [0.1, 0.15) is 0 Å². The Bertz CT molecular complexity index is 4170. The van der Waals surface area contributed by atoms with Crippen LogP contribution in [0.25, 0.3) is 120 Å². The van der Waals surface area contributed by atoms with Gasteiger partial charge < -0.3 is 9.13 Å². The van der Waals surface area contributed by atoms with Crippen molar-refractivity contribution in [3.8, 4) is 85.2 Å². The number of nitriles is 3. The molecular formula is C66H34F3N7. The molecule has 0 saturated carbocycles. The molecule has 10 aromatic carbocycles. The lowest BCUT2D eigenvalue weighted by molar-refractivity contribution is -0.137. The summed E-state index contributed by atoms with van der Waals surface area (Å²) in [5.41, 5.74) is 10.2. The topological polar surface area (TPSA) is 90.0 Å². The van der Waals surface area contributed by atoms with Crippen LogP contribution >= 0.6 is 0 Å². The molecule has 0 aliphatic rings. The molecule has 0 bridgehead atoms. The first kappa shape index (κ1) is 46.1. The predicted octanol–water partition coefficient (Wildman–Crippen LogP) is 18.0. The third kappa shape index (κ3) is 7.83. The Morgan fingerprint density at radius 3 is 1.09 bits per heavy atom. The van der Waals surface area contributed by atoms with E-state index in [1.165, 1.54) is 12.1 Å². The summed E-state index contributed by atoms with van der Waals surface area (Å²) < 4.78 is 51.6. The second-order valence-corrected chi connectivity index (χ2v) is 18.4. The molecule has 12 aromatic rings. The van der Waals surface area contributed by atoms with Gasteiger partial charge in [-0.3, -0.25) is 0 Å². The van der Waals surface area contributed by atoms with Crippen LogP contribution in [0.15, 0.2) is 206 Å². The maximum Gasteiger partial charge on any atom is 0.417 e. The van der Waals surface area contributed by atoms with E-state index in [1.807, 2.05) is 118 Å². The van der Waals surface area contributed by atoms with Crippen LogP contribution in [0.3, 0.4) is 0 Å². The van der Waals surface area contributed by atoms with Crippen molar-refractivity contribution < 1.29 is 13.2 Å². The molecule has 0 unspecified atom stereocenters. The van der Waals surface area contributed by atoms with E-state index in [4.69, 9.17) is 13.1 Å². The van der Waals surface area contributed by atoms with Gasteiger partial charge in [0.05, 0.1) is 87.0 Å². The van der Waals surface area contributed by atoms with Crippen LogP contribution in [0, 0.1) is 47.1 Å². The van der Waals surface area contributed by atoms with Crippen molar-refractivity contribution in [2.45, 2.75) is 6.18 Å². The molecule has 10 heteroatoms. The molecule has 7 nitrogen and oxygen atoms in total. The van der Waals surface area contributed by atoms with Gasteiger partial charge in [-0.2, -0.15) is 29.0 Å². The summed E-state index contributed by atoms with van der Waals surface area (Å²) in [6, 6.07) is 68.1. The number of fused-ring (bicyclic) bond motifs is 6. The third-order valence-electron chi connectivity index (χ3n) is 14.0. The molecule has 2 heterocycles. The Hall–Kier alpha value is -11.0. The van der Waals surface area contributed by atoms with Crippen LogP contribution in [-0.4, -0.2) is 9.13 Å². The number of rotatable bonds is 7. The average molecular weight is 982 g/mol. The van der Waals surface area contributed by atoms with Crippen molar-refractivity contribution in [2.75, 3.05) is 0 Å². The summed E-state index contributed by atoms with van der Waals surface area (Å²) in [5.74, 6) is 0. The van der Waals surface area contributed by atoms with Crippen LogP contribution in [0.4, 0.5) is 24.5 Å². The van der Waals surface area contributed by atoms with Gasteiger partial charge in [-0.25, -0.2) is 9.69 Å². The van der Waals surface area contributed by atoms with Crippen LogP contribution < -0.4 is 0 Å². The zero-order valence-corrected chi connectivity index (χ0v) is 39.9. The van der Waals surface area contributed by atoms with Crippen molar-refractivity contribution in [1.82, 2.24) is 9.13 Å². The lowest BCUT2D eigenvalue weighted by Crippen LogP contribution is -2.11. The molecule has 0 amide bonds. The Balaban J connectivity index is 1.27. The van der Waals surface area contributed by atoms with Gasteiger partial charge in [0.2, 0.25) is 0 Å². The standard InChI is InChI=1S/C66H34F3N7/c1-73-51-15-7-13-45(31-51)49-21-25-55-53-23-19-47(43-11-5-9-40(27-43)37-70)33-59(53)75(61(55)35-49)63-29-42(39-72)30-64(65(63)57-17-3-4-18-58(57)66(67,68)69)76-60-34-48(44-12-6-10-41(28-44)38-71)20-24-54(60)56-26-22-50(36-62(56)76)46-14-8-16-52(32-46)74-2/h3-36H. The summed E-state index contributed by atoms with van der Waals surface area (Å²) in [5, 5.41) is 34.2. The number of hydrogen-bond acceptors (Lipinski definition) is 3. The molecule has 76 heavy (non-hydrogen) atoms. The Morgan fingerprint density at radius 2 is 0.724 bits per heavy atom. The first-order valence-electron chi connectivity index (χ1n) is 23.9. The van der Waals surface area contributed by atoms with E-state index in [1.54, 1.807) is 78.9 Å². The molecule has 12 rings (SSSR count). The van der Waals surface area contributed by atoms with Gasteiger partial charge in [0.15, 0.2) is 11.4 Å². The van der Waals surface area contributed by atoms with Gasteiger partial charge in [-0.15, -0.1) is 0 Å². The van der Waals surface area contributed by atoms with Gasteiger partial charge in [-0.1, -0.05) is 127 Å². The highest BCUT2D eigenvalue weighted by molar-refractivity contribution is 6.14. The maximum absolute atomic E-state index is 15.9. The van der Waals surface area contributed by atoms with Crippen LogP contribution in [0.2, 0.25) is 0 Å². The van der Waals surface area contributed by atoms with Gasteiger partial charge in [-0.05, 0) is 129 Å². The molecule has 0 fully saturated rings. The second-order valence-electron chi connectivity index (χ2n) is 18.4. The summed E-state index contributed by atoms with van der Waals surface area (Å²) in [4.78, 5) is 7.35. The zero-order chi connectivity index (χ0) is 52.2. The zero-order valence-electron chi connectivity index (χ0n) is 39.9. The van der Waals surface area contributed by atoms with E-state index in [0.717, 1.165) is 72.1 Å². The highest BCUT2D eigenvalue weighted by atomic mass is 19.4. The third-order valence-corrected chi connectivity index (χ3v) is 14.0. The van der Waals surface area contributed by atoms with E-state index in [-0.39, 0.29) is 28.1 Å². The Morgan fingerprint density at radius 1 is 0.368 bits per heavy atom. The van der Waals surface area contributed by atoms with Crippen molar-refractivity contribution in [2.24, 2.45) is 0 Å². The normalized spacial score (nSPS) is 11.3. The number of nitrogens with zero attached hydrogens (tertiary/aromatic N) is 7. The molecule has 0 spiro atoms. The molecule has 0 atom stereocenters. The minimum Gasteiger partial charge on any atom is -0.308 e. The number of benzene rings is 10. The molecular weight excluding hydrogens is 948 g/mol. The van der Waals surface area contributed by atoms with Gasteiger partial charge >= 0.3 is 6.18 Å². The van der Waals surface area contributed by atoms with Gasteiger partial charge in [0.25, 0.3) is 0 Å². The van der Waals surface area contributed by atoms with Gasteiger partial charge in [0, 0.05) is 27.1 Å². The first-order valence-corrected chi connectivity index (χ1v) is 23.9. The lowest BCUT2D eigenvalue weighted by Gasteiger charge is -2.23. The van der Waals surface area contributed by atoms with E-state index in [0.29, 0.717) is 44.6 Å². The van der Waals surface area contributed by atoms with Crippen molar-refractivity contribution in [3.63, 3.8) is 0 Å². The van der Waals surface area contributed by atoms with E-state index in [9.17, 15) is 15.8 Å². The molecule has 0 aliphatic carbocycles. The molecule has 2 aromatic heterocycles. The number of hydrogen-bond donors (Lipinski definition) is 0. The fourth-order valence-electron chi connectivity index (χ4n) is 10.6. The minimum absolute atomic E-state index is 0.132. The average Bonchev–Trinajstić information content (AvgIpc) is 4.00. The highest BCUT2D eigenvalue weighted by Gasteiger charge is 2.36. The van der Waals surface area contributed by atoms with Crippen LogP contribution in [0.1, 0.15) is 22.3 Å². The summed E-state index contributed by atoms with van der Waals surface area (Å²) >= 11 is 0. The summed E-state index contributed by atoms with van der Waals surface area (Å²) in [6.07, 6.45) is -4.83. The SMILES string of the molecule is [C-]#[N+]c1cccc(-c2ccc3c4ccc(-c5cccc(C#N)c5)cc4n(-c4cc(C#N)cc(-n5c6cc(-c7cccc(C#N)c7)ccc6c6ccc(-c7cccc([N+]#[C-])c7)cc65)c4-c4ccccc4C(F)(F)F)c3c2)c1. The number of aromatic nitrogens is 2. The van der Waals surface area contributed by atoms with Crippen molar-refractivity contribution in [1.29, 1.82) is 15.8 Å². The number of alkyl halides is 3. The second kappa shape index (κ2) is 18.3. The van der Waals surface area contributed by atoms with E-state index >= 15 is 13.2 Å². The first-order chi connectivity index (χ1) is 37.0. The highest BCUT2D eigenvalue weighted by Crippen LogP contribution is 2.48. The monoisotopic (exact) mass is 981 g/mol. The quantitative estimate of drug-likeness (QED) is 0.149. The molecule has 0 radical (unpaired) electrons. The predicted molar refractivity (Wildman–Crippen MR) is 294 cm³/mol. The van der Waals surface area contributed by atoms with Crippen molar-refractivity contribution in [3.05, 3.63) is 251 Å². The molecule has 354 valence electrons. The fourth-order valence-corrected chi connectivity index (χ4v) is 10.6. The lowest BCUT2D eigenvalue weighted by atomic mass is 9.93. The molecule has 0 N–H and O–H groups in total. The maximum atomic E-state index is 15.9. The Kier molecular flexibility index (Phi) is 11.1. The summed E-state index contributed by atoms with van der Waals surface area (Å²) in [6.45, 7) is 15.5. The van der Waals surface area contributed by atoms with E-state index < -0.39 is 11.7 Å². The van der Waals surface area contributed by atoms with Crippen LogP contribution in [0.5, 0.6) is 0 Å².